The number of hydrogen-bond acceptors (Lipinski definition) is 4. The second kappa shape index (κ2) is 7.06. The Morgan fingerprint density at radius 2 is 2.13 bits per heavy atom. The Bertz CT molecular complexity index is 655. The van der Waals surface area contributed by atoms with E-state index in [9.17, 15) is 21.6 Å². The number of benzene rings is 1. The van der Waals surface area contributed by atoms with Crippen molar-refractivity contribution in [2.75, 3.05) is 13.1 Å². The highest BCUT2D eigenvalue weighted by Gasteiger charge is 2.36. The fourth-order valence-corrected chi connectivity index (χ4v) is 4.61. The minimum atomic E-state index is -3.95. The van der Waals surface area contributed by atoms with Crippen molar-refractivity contribution in [3.8, 4) is 5.75 Å². The summed E-state index contributed by atoms with van der Waals surface area (Å²) in [6.45, 7) is -0.809. The minimum Gasteiger partial charge on any atom is -0.432 e. The predicted molar refractivity (Wildman–Crippen MR) is 78.2 cm³/mol. The van der Waals surface area contributed by atoms with Crippen LogP contribution < -0.4 is 10.5 Å². The number of ether oxygens (including phenoxy) is 1. The van der Waals surface area contributed by atoms with Gasteiger partial charge in [0.25, 0.3) is 0 Å². The van der Waals surface area contributed by atoms with Crippen LogP contribution in [-0.4, -0.2) is 38.5 Å². The van der Waals surface area contributed by atoms with E-state index in [1.807, 2.05) is 6.92 Å². The quantitative estimate of drug-likeness (QED) is 0.882. The fourth-order valence-electron chi connectivity index (χ4n) is 2.83. The number of sulfonamides is 1. The highest BCUT2D eigenvalue weighted by molar-refractivity contribution is 7.89. The monoisotopic (exact) mass is 352 g/mol. The smallest absolute Gasteiger partial charge is 0.387 e. The van der Waals surface area contributed by atoms with Gasteiger partial charge in [-0.2, -0.15) is 13.1 Å². The van der Waals surface area contributed by atoms with E-state index in [1.165, 1.54) is 4.31 Å². The molecule has 5 nitrogen and oxygen atoms in total. The van der Waals surface area contributed by atoms with Gasteiger partial charge in [-0.15, -0.1) is 0 Å². The highest BCUT2D eigenvalue weighted by atomic mass is 32.2. The van der Waals surface area contributed by atoms with E-state index < -0.39 is 28.2 Å². The van der Waals surface area contributed by atoms with Crippen LogP contribution in [0, 0.1) is 11.7 Å². The van der Waals surface area contributed by atoms with E-state index in [-0.39, 0.29) is 23.4 Å². The summed E-state index contributed by atoms with van der Waals surface area (Å²) in [5.74, 6) is -1.75. The molecular weight excluding hydrogens is 333 g/mol. The lowest BCUT2D eigenvalue weighted by Crippen LogP contribution is -2.51. The van der Waals surface area contributed by atoms with Crippen LogP contribution in [0.3, 0.4) is 0 Å². The van der Waals surface area contributed by atoms with Crippen molar-refractivity contribution in [3.05, 3.63) is 24.0 Å². The van der Waals surface area contributed by atoms with Gasteiger partial charge in [0.1, 0.15) is 0 Å². The number of piperidine rings is 1. The normalized spacial score (nSPS) is 23.2. The van der Waals surface area contributed by atoms with E-state index in [0.717, 1.165) is 18.6 Å². The topological polar surface area (TPSA) is 72.6 Å². The Kier molecular flexibility index (Phi) is 5.53. The maximum atomic E-state index is 13.8. The van der Waals surface area contributed by atoms with Crippen LogP contribution in [0.25, 0.3) is 0 Å². The summed E-state index contributed by atoms with van der Waals surface area (Å²) < 4.78 is 68.7. The van der Waals surface area contributed by atoms with Gasteiger partial charge in [0.2, 0.25) is 10.0 Å². The molecule has 1 aromatic rings. The van der Waals surface area contributed by atoms with Crippen LogP contribution in [0.1, 0.15) is 19.8 Å². The molecular formula is C14H19F3N2O3S. The molecule has 9 heteroatoms. The first kappa shape index (κ1) is 18.0. The van der Waals surface area contributed by atoms with Gasteiger partial charge in [0.15, 0.2) is 11.6 Å². The molecule has 1 aliphatic heterocycles. The molecule has 1 heterocycles. The van der Waals surface area contributed by atoms with Crippen LogP contribution in [0.2, 0.25) is 0 Å². The predicted octanol–water partition coefficient (Wildman–Crippen LogP) is 2.18. The largest absolute Gasteiger partial charge is 0.432 e. The molecule has 130 valence electrons. The van der Waals surface area contributed by atoms with Crippen LogP contribution in [0.5, 0.6) is 5.75 Å². The molecule has 0 aromatic heterocycles. The number of alkyl halides is 2. The van der Waals surface area contributed by atoms with Gasteiger partial charge in [-0.3, -0.25) is 0 Å². The summed E-state index contributed by atoms with van der Waals surface area (Å²) in [6, 6.07) is 2.27. The number of nitrogens with zero attached hydrogens (tertiary/aromatic N) is 1. The lowest BCUT2D eigenvalue weighted by molar-refractivity contribution is -0.0522. The Balaban J connectivity index is 2.33. The third kappa shape index (κ3) is 3.78. The standard InChI is InChI=1S/C14H19F3N2O3S/c1-9-3-2-6-19(12(9)8-18)23(20,21)10-4-5-13(11(15)7-10)22-14(16)17/h4-5,7,9,12,14H,2-3,6,8,18H2,1H3. The molecule has 0 aliphatic carbocycles. The molecule has 2 N–H and O–H groups in total. The molecule has 0 radical (unpaired) electrons. The number of hydrogen-bond donors (Lipinski definition) is 1. The Labute approximate surface area is 133 Å². The van der Waals surface area contributed by atoms with E-state index in [2.05, 4.69) is 4.74 Å². The molecule has 0 amide bonds. The van der Waals surface area contributed by atoms with Crippen molar-refractivity contribution < 1.29 is 26.3 Å². The van der Waals surface area contributed by atoms with E-state index in [1.54, 1.807) is 0 Å². The van der Waals surface area contributed by atoms with E-state index in [4.69, 9.17) is 5.73 Å². The van der Waals surface area contributed by atoms with Gasteiger partial charge in [-0.25, -0.2) is 12.8 Å². The van der Waals surface area contributed by atoms with Crippen molar-refractivity contribution in [3.63, 3.8) is 0 Å². The van der Waals surface area contributed by atoms with E-state index >= 15 is 0 Å². The summed E-state index contributed by atoms with van der Waals surface area (Å²) in [5, 5.41) is 0. The molecule has 1 saturated heterocycles. The molecule has 0 bridgehead atoms. The third-order valence-electron chi connectivity index (χ3n) is 4.03. The van der Waals surface area contributed by atoms with Crippen LogP contribution >= 0.6 is 0 Å². The molecule has 1 aromatic carbocycles. The summed E-state index contributed by atoms with van der Waals surface area (Å²) in [4.78, 5) is -0.302. The average molecular weight is 352 g/mol. The van der Waals surface area contributed by atoms with E-state index in [0.29, 0.717) is 19.0 Å². The Hall–Kier alpha value is -1.32. The summed E-state index contributed by atoms with van der Waals surface area (Å²) in [6.07, 6.45) is 1.55. The summed E-state index contributed by atoms with van der Waals surface area (Å²) in [5.41, 5.74) is 5.68. The number of halogens is 3. The SMILES string of the molecule is CC1CCCN(S(=O)(=O)c2ccc(OC(F)F)c(F)c2)C1CN. The maximum absolute atomic E-state index is 13.8. The first-order chi connectivity index (χ1) is 10.8. The van der Waals surface area contributed by atoms with Crippen LogP contribution in [0.15, 0.2) is 23.1 Å². The zero-order valence-corrected chi connectivity index (χ0v) is 13.4. The van der Waals surface area contributed by atoms with Gasteiger partial charge >= 0.3 is 6.61 Å². The van der Waals surface area contributed by atoms with Gasteiger partial charge < -0.3 is 10.5 Å². The molecule has 2 rings (SSSR count). The van der Waals surface area contributed by atoms with Crippen molar-refractivity contribution in [2.45, 2.75) is 37.3 Å². The maximum Gasteiger partial charge on any atom is 0.387 e. The average Bonchev–Trinajstić information content (AvgIpc) is 2.48. The van der Waals surface area contributed by atoms with Gasteiger partial charge in [-0.1, -0.05) is 6.92 Å². The second-order valence-corrected chi connectivity index (χ2v) is 7.40. The summed E-state index contributed by atoms with van der Waals surface area (Å²) in [7, 11) is -3.95. The minimum absolute atomic E-state index is 0.0924. The molecule has 0 saturated carbocycles. The zero-order chi connectivity index (χ0) is 17.2. The van der Waals surface area contributed by atoms with Crippen LogP contribution in [0.4, 0.5) is 13.2 Å². The molecule has 0 spiro atoms. The second-order valence-electron chi connectivity index (χ2n) is 5.51. The molecule has 1 aliphatic rings. The lowest BCUT2D eigenvalue weighted by atomic mass is 9.93. The molecule has 23 heavy (non-hydrogen) atoms. The van der Waals surface area contributed by atoms with Crippen LogP contribution in [-0.2, 0) is 10.0 Å². The third-order valence-corrected chi connectivity index (χ3v) is 5.95. The molecule has 1 fully saturated rings. The zero-order valence-electron chi connectivity index (χ0n) is 12.6. The summed E-state index contributed by atoms with van der Waals surface area (Å²) >= 11 is 0. The first-order valence-electron chi connectivity index (χ1n) is 7.23. The van der Waals surface area contributed by atoms with Gasteiger partial charge in [0, 0.05) is 19.1 Å². The fraction of sp³-hybridized carbons (Fsp3) is 0.571. The van der Waals surface area contributed by atoms with Gasteiger partial charge in [0.05, 0.1) is 4.90 Å². The number of rotatable bonds is 5. The first-order valence-corrected chi connectivity index (χ1v) is 8.67. The van der Waals surface area contributed by atoms with Crippen molar-refractivity contribution in [1.29, 1.82) is 0 Å². The van der Waals surface area contributed by atoms with Crippen molar-refractivity contribution in [2.24, 2.45) is 11.7 Å². The lowest BCUT2D eigenvalue weighted by Gasteiger charge is -2.38. The highest BCUT2D eigenvalue weighted by Crippen LogP contribution is 2.30. The Morgan fingerprint density at radius 1 is 1.43 bits per heavy atom. The molecule has 2 unspecified atom stereocenters. The van der Waals surface area contributed by atoms with Crippen molar-refractivity contribution in [1.82, 2.24) is 4.31 Å². The Morgan fingerprint density at radius 3 is 2.70 bits per heavy atom. The van der Waals surface area contributed by atoms with Crippen molar-refractivity contribution >= 4 is 10.0 Å². The molecule has 2 atom stereocenters. The number of nitrogens with two attached hydrogens (primary N) is 1. The van der Waals surface area contributed by atoms with Gasteiger partial charge in [-0.05, 0) is 37.0 Å².